The molecule has 30 heavy (non-hydrogen) atoms. The normalized spacial score (nSPS) is 59.8. The quantitative estimate of drug-likeness (QED) is 0.530. The largest absolute Gasteiger partial charge is 0.393 e. The van der Waals surface area contributed by atoms with Crippen LogP contribution in [0.4, 0.5) is 0 Å². The summed E-state index contributed by atoms with van der Waals surface area (Å²) in [6, 6.07) is 0. The molecule has 6 aliphatic rings. The zero-order valence-corrected chi connectivity index (χ0v) is 19.6. The van der Waals surface area contributed by atoms with Crippen LogP contribution in [-0.2, 0) is 4.74 Å². The number of aliphatic hydroxyl groups is 1. The molecule has 2 aliphatic heterocycles. The molecule has 6 rings (SSSR count). The summed E-state index contributed by atoms with van der Waals surface area (Å²) in [7, 11) is 0. The number of hydrogen-bond acceptors (Lipinski definition) is 3. The molecular weight excluding hydrogens is 370 g/mol. The number of allylic oxidation sites excluding steroid dienone is 1. The van der Waals surface area contributed by atoms with Crippen LogP contribution in [0.2, 0.25) is 0 Å². The molecule has 0 amide bonds. The molecule has 2 saturated heterocycles. The maximum atomic E-state index is 10.3. The maximum absolute atomic E-state index is 10.3. The van der Waals surface area contributed by atoms with Crippen LogP contribution in [-0.4, -0.2) is 29.6 Å². The Morgan fingerprint density at radius 2 is 1.90 bits per heavy atom. The third kappa shape index (κ3) is 2.55. The molecule has 1 spiro atoms. The van der Waals surface area contributed by atoms with Gasteiger partial charge in [-0.2, -0.15) is 0 Å². The summed E-state index contributed by atoms with van der Waals surface area (Å²) < 4.78 is 7.00. The topological polar surface area (TPSA) is 41.5 Å². The average molecular weight is 414 g/mol. The van der Waals surface area contributed by atoms with Gasteiger partial charge < -0.3 is 9.84 Å². The summed E-state index contributed by atoms with van der Waals surface area (Å²) in [5.74, 6) is 4.58. The first-order valence-corrected chi connectivity index (χ1v) is 13.1. The molecule has 0 aromatic carbocycles. The third-order valence-corrected chi connectivity index (χ3v) is 11.6. The van der Waals surface area contributed by atoms with Gasteiger partial charge in [0.15, 0.2) is 0 Å². The second-order valence-corrected chi connectivity index (χ2v) is 12.8. The van der Waals surface area contributed by atoms with Crippen molar-refractivity contribution in [1.29, 1.82) is 0 Å². The molecular formula is C27H43NO2. The van der Waals surface area contributed by atoms with E-state index < -0.39 is 0 Å². The summed E-state index contributed by atoms with van der Waals surface area (Å²) in [6.07, 6.45) is 13.8. The van der Waals surface area contributed by atoms with Crippen LogP contribution in [0, 0.1) is 46.3 Å². The van der Waals surface area contributed by atoms with Gasteiger partial charge in [0.2, 0.25) is 0 Å². The SMILES string of the molecule is C[C@H]1CC[C@]2(NC1)O[C@@H]1C[C@@H]3[C@H]4CC=C5C[C@H](O)CC[C@@]5(C)C4CC[C@@]3(C)[C@@H]1[C@H]2C. The van der Waals surface area contributed by atoms with Crippen LogP contribution in [0.15, 0.2) is 11.6 Å². The molecule has 0 aromatic rings. The summed E-state index contributed by atoms with van der Waals surface area (Å²) in [5.41, 5.74) is 2.33. The molecule has 2 N–H and O–H groups in total. The Labute approximate surface area is 183 Å². The van der Waals surface area contributed by atoms with Crippen molar-refractivity contribution in [2.24, 2.45) is 46.3 Å². The lowest BCUT2D eigenvalue weighted by Crippen LogP contribution is -2.57. The van der Waals surface area contributed by atoms with Crippen molar-refractivity contribution in [2.75, 3.05) is 6.54 Å². The second kappa shape index (κ2) is 6.58. The molecule has 3 heteroatoms. The van der Waals surface area contributed by atoms with Gasteiger partial charge in [0.25, 0.3) is 0 Å². The van der Waals surface area contributed by atoms with Crippen LogP contribution in [0.3, 0.4) is 0 Å². The minimum atomic E-state index is -0.100. The highest BCUT2D eigenvalue weighted by atomic mass is 16.5. The van der Waals surface area contributed by atoms with Crippen LogP contribution in [0.5, 0.6) is 0 Å². The number of fused-ring (bicyclic) bond motifs is 7. The number of hydrogen-bond donors (Lipinski definition) is 2. The molecule has 5 fully saturated rings. The first kappa shape index (κ1) is 20.2. The van der Waals surface area contributed by atoms with Gasteiger partial charge in [-0.05, 0) is 98.2 Å². The zero-order chi connectivity index (χ0) is 20.9. The molecule has 3 saturated carbocycles. The predicted molar refractivity (Wildman–Crippen MR) is 120 cm³/mol. The number of ether oxygens (including phenoxy) is 1. The van der Waals surface area contributed by atoms with E-state index in [4.69, 9.17) is 4.74 Å². The highest BCUT2D eigenvalue weighted by Crippen LogP contribution is 2.70. The van der Waals surface area contributed by atoms with Crippen molar-refractivity contribution in [3.05, 3.63) is 11.6 Å². The summed E-state index contributed by atoms with van der Waals surface area (Å²) in [6.45, 7) is 11.2. The molecule has 3 nitrogen and oxygen atoms in total. The van der Waals surface area contributed by atoms with Gasteiger partial charge in [0.1, 0.15) is 5.72 Å². The van der Waals surface area contributed by atoms with Crippen molar-refractivity contribution in [3.8, 4) is 0 Å². The van der Waals surface area contributed by atoms with Crippen LogP contribution in [0.25, 0.3) is 0 Å². The van der Waals surface area contributed by atoms with E-state index in [1.54, 1.807) is 5.57 Å². The molecule has 2 heterocycles. The Morgan fingerprint density at radius 1 is 1.07 bits per heavy atom. The fourth-order valence-electron chi connectivity index (χ4n) is 9.84. The van der Waals surface area contributed by atoms with Gasteiger partial charge in [0.05, 0.1) is 12.2 Å². The predicted octanol–water partition coefficient (Wildman–Crippen LogP) is 5.29. The van der Waals surface area contributed by atoms with Crippen molar-refractivity contribution in [2.45, 2.75) is 103 Å². The Hall–Kier alpha value is -0.380. The van der Waals surface area contributed by atoms with Gasteiger partial charge >= 0.3 is 0 Å². The molecule has 1 unspecified atom stereocenters. The lowest BCUT2D eigenvalue weighted by Gasteiger charge is -2.58. The Bertz CT molecular complexity index is 739. The molecule has 0 radical (unpaired) electrons. The summed E-state index contributed by atoms with van der Waals surface area (Å²) in [4.78, 5) is 0. The fraction of sp³-hybridized carbons (Fsp3) is 0.926. The van der Waals surface area contributed by atoms with Crippen LogP contribution < -0.4 is 5.32 Å². The number of aliphatic hydroxyl groups excluding tert-OH is 1. The lowest BCUT2D eigenvalue weighted by atomic mass is 9.47. The van der Waals surface area contributed by atoms with Gasteiger partial charge in [0, 0.05) is 12.5 Å². The van der Waals surface area contributed by atoms with E-state index in [1.807, 2.05) is 0 Å². The Morgan fingerprint density at radius 3 is 2.67 bits per heavy atom. The lowest BCUT2D eigenvalue weighted by molar-refractivity contribution is -0.115. The van der Waals surface area contributed by atoms with E-state index in [2.05, 4.69) is 39.1 Å². The highest BCUT2D eigenvalue weighted by molar-refractivity contribution is 5.26. The minimum absolute atomic E-state index is 0.0439. The molecule has 0 bridgehead atoms. The van der Waals surface area contributed by atoms with Crippen molar-refractivity contribution < 1.29 is 9.84 Å². The van der Waals surface area contributed by atoms with E-state index in [1.165, 1.54) is 44.9 Å². The monoisotopic (exact) mass is 413 g/mol. The Kier molecular flexibility index (Phi) is 4.44. The second-order valence-electron chi connectivity index (χ2n) is 12.8. The van der Waals surface area contributed by atoms with Gasteiger partial charge in [-0.1, -0.05) is 39.3 Å². The standard InChI is InChI=1S/C27H43NO2/c1-16-7-12-27(28-15-16)17(2)24-23(30-27)14-22-20-6-5-18-13-19(29)8-10-25(18,3)21(20)9-11-26(22,24)4/h5,16-17,19-24,28-29H,6-15H2,1-4H3/t16-,17+,19+,20-,21?,22+,23+,24+,25+,26+,27-/m0/s1. The maximum Gasteiger partial charge on any atom is 0.122 e. The molecule has 168 valence electrons. The third-order valence-electron chi connectivity index (χ3n) is 11.6. The number of rotatable bonds is 0. The minimum Gasteiger partial charge on any atom is -0.393 e. The van der Waals surface area contributed by atoms with Gasteiger partial charge in [-0.3, -0.25) is 5.32 Å². The Balaban J connectivity index is 1.28. The van der Waals surface area contributed by atoms with E-state index in [0.717, 1.165) is 49.0 Å². The van der Waals surface area contributed by atoms with Crippen LogP contribution in [0.1, 0.15) is 85.5 Å². The smallest absolute Gasteiger partial charge is 0.122 e. The summed E-state index contributed by atoms with van der Waals surface area (Å²) >= 11 is 0. The van der Waals surface area contributed by atoms with Gasteiger partial charge in [-0.25, -0.2) is 0 Å². The van der Waals surface area contributed by atoms with Crippen molar-refractivity contribution in [1.82, 2.24) is 5.32 Å². The van der Waals surface area contributed by atoms with E-state index >= 15 is 0 Å². The van der Waals surface area contributed by atoms with E-state index in [9.17, 15) is 5.11 Å². The molecule has 4 aliphatic carbocycles. The van der Waals surface area contributed by atoms with Crippen molar-refractivity contribution in [3.63, 3.8) is 0 Å². The summed E-state index contributed by atoms with van der Waals surface area (Å²) in [5, 5.41) is 14.1. The van der Waals surface area contributed by atoms with E-state index in [-0.39, 0.29) is 11.8 Å². The first-order valence-electron chi connectivity index (χ1n) is 13.1. The fourth-order valence-corrected chi connectivity index (χ4v) is 9.84. The zero-order valence-electron chi connectivity index (χ0n) is 19.6. The average Bonchev–Trinajstić information content (AvgIpc) is 3.16. The first-order chi connectivity index (χ1) is 14.3. The number of nitrogens with one attached hydrogen (secondary N) is 1. The molecule has 11 atom stereocenters. The molecule has 0 aromatic heterocycles. The van der Waals surface area contributed by atoms with Crippen LogP contribution >= 0.6 is 0 Å². The number of piperidine rings is 1. The van der Waals surface area contributed by atoms with Crippen molar-refractivity contribution >= 4 is 0 Å². The van der Waals surface area contributed by atoms with Gasteiger partial charge in [-0.15, -0.1) is 0 Å². The highest BCUT2D eigenvalue weighted by Gasteiger charge is 2.68. The van der Waals surface area contributed by atoms with E-state index in [0.29, 0.717) is 22.9 Å².